The second-order valence-electron chi connectivity index (χ2n) is 7.72. The van der Waals surface area contributed by atoms with Crippen LogP contribution in [0, 0.1) is 17.3 Å². The molecular formula is C17H25N5O. The molecule has 0 unspecified atom stereocenters. The average Bonchev–Trinajstić information content (AvgIpc) is 3.09. The smallest absolute Gasteiger partial charge is 0.291 e. The second-order valence-corrected chi connectivity index (χ2v) is 7.72. The van der Waals surface area contributed by atoms with Crippen molar-refractivity contribution in [1.29, 1.82) is 0 Å². The van der Waals surface area contributed by atoms with Crippen LogP contribution in [-0.4, -0.2) is 63.6 Å². The van der Waals surface area contributed by atoms with E-state index in [1.54, 1.807) is 5.57 Å². The number of aromatic amines is 1. The Bertz CT molecular complexity index is 613. The monoisotopic (exact) mass is 315 g/mol. The quantitative estimate of drug-likeness (QED) is 0.860. The van der Waals surface area contributed by atoms with Gasteiger partial charge in [-0.05, 0) is 30.1 Å². The van der Waals surface area contributed by atoms with Crippen molar-refractivity contribution in [2.45, 2.75) is 26.7 Å². The number of hydrogen-bond donors (Lipinski definition) is 1. The van der Waals surface area contributed by atoms with Crippen LogP contribution in [0.1, 0.15) is 37.3 Å². The lowest BCUT2D eigenvalue weighted by Crippen LogP contribution is -2.53. The fourth-order valence-electron chi connectivity index (χ4n) is 4.48. The topological polar surface area (TPSA) is 65.1 Å². The number of aromatic nitrogens is 3. The van der Waals surface area contributed by atoms with Crippen molar-refractivity contribution >= 4 is 5.91 Å². The summed E-state index contributed by atoms with van der Waals surface area (Å²) in [5, 5.41) is 6.41. The van der Waals surface area contributed by atoms with Gasteiger partial charge in [-0.15, -0.1) is 0 Å². The average molecular weight is 315 g/mol. The summed E-state index contributed by atoms with van der Waals surface area (Å²) < 4.78 is 0. The van der Waals surface area contributed by atoms with E-state index in [9.17, 15) is 4.79 Å². The van der Waals surface area contributed by atoms with Gasteiger partial charge in [0.15, 0.2) is 0 Å². The van der Waals surface area contributed by atoms with E-state index >= 15 is 0 Å². The second kappa shape index (κ2) is 5.44. The lowest BCUT2D eigenvalue weighted by atomic mass is 9.49. The van der Waals surface area contributed by atoms with Crippen LogP contribution in [0.5, 0.6) is 0 Å². The molecule has 3 aliphatic carbocycles. The maximum Gasteiger partial charge on any atom is 0.291 e. The fourth-order valence-corrected chi connectivity index (χ4v) is 4.48. The van der Waals surface area contributed by atoms with Crippen molar-refractivity contribution in [3.63, 3.8) is 0 Å². The zero-order valence-electron chi connectivity index (χ0n) is 14.0. The molecule has 1 aromatic rings. The molecule has 2 fully saturated rings. The highest BCUT2D eigenvalue weighted by Crippen LogP contribution is 2.59. The molecule has 0 spiro atoms. The van der Waals surface area contributed by atoms with Crippen molar-refractivity contribution in [1.82, 2.24) is 25.0 Å². The van der Waals surface area contributed by atoms with Gasteiger partial charge in [0.2, 0.25) is 5.82 Å². The van der Waals surface area contributed by atoms with Gasteiger partial charge in [-0.2, -0.15) is 5.10 Å². The largest absolute Gasteiger partial charge is 0.333 e. The van der Waals surface area contributed by atoms with Crippen LogP contribution in [0.25, 0.3) is 0 Å². The number of nitrogens with zero attached hydrogens (tertiary/aromatic N) is 4. The minimum absolute atomic E-state index is 0.0398. The number of allylic oxidation sites excluding steroid dienone is 1. The molecule has 1 aromatic heterocycles. The number of carbonyl (C=O) groups excluding carboxylic acids is 1. The van der Waals surface area contributed by atoms with Crippen molar-refractivity contribution in [2.75, 3.05) is 32.7 Å². The van der Waals surface area contributed by atoms with Gasteiger partial charge in [0, 0.05) is 32.7 Å². The number of carbonyl (C=O) groups is 1. The minimum atomic E-state index is -0.0398. The molecule has 1 saturated heterocycles. The van der Waals surface area contributed by atoms with Crippen molar-refractivity contribution in [3.05, 3.63) is 23.8 Å². The molecule has 23 heavy (non-hydrogen) atoms. The first-order valence-corrected chi connectivity index (χ1v) is 8.61. The number of nitrogens with one attached hydrogen (secondary N) is 1. The zero-order valence-corrected chi connectivity index (χ0v) is 14.0. The third kappa shape index (κ3) is 2.49. The molecule has 2 bridgehead atoms. The number of piperazine rings is 1. The molecule has 1 amide bonds. The molecule has 1 aliphatic heterocycles. The summed E-state index contributed by atoms with van der Waals surface area (Å²) in [5.41, 5.74) is 2.13. The van der Waals surface area contributed by atoms with Crippen LogP contribution in [0.4, 0.5) is 0 Å². The first-order chi connectivity index (χ1) is 11.1. The third-order valence-electron chi connectivity index (χ3n) is 6.27. The summed E-state index contributed by atoms with van der Waals surface area (Å²) in [6, 6.07) is 0. The maximum atomic E-state index is 12.3. The first-order valence-electron chi connectivity index (χ1n) is 8.61. The normalized spacial score (nSPS) is 29.8. The van der Waals surface area contributed by atoms with Gasteiger partial charge in [0.25, 0.3) is 5.91 Å². The molecule has 2 heterocycles. The highest BCUT2D eigenvalue weighted by atomic mass is 16.2. The van der Waals surface area contributed by atoms with Gasteiger partial charge in [-0.25, -0.2) is 4.98 Å². The summed E-state index contributed by atoms with van der Waals surface area (Å²) in [6.07, 6.45) is 6.49. The lowest BCUT2D eigenvalue weighted by molar-refractivity contribution is -0.0118. The van der Waals surface area contributed by atoms with E-state index in [2.05, 4.69) is 40.0 Å². The number of amides is 1. The summed E-state index contributed by atoms with van der Waals surface area (Å²) in [6.45, 7) is 9.33. The Morgan fingerprint density at radius 1 is 1.35 bits per heavy atom. The molecule has 6 nitrogen and oxygen atoms in total. The fraction of sp³-hybridized carbons (Fsp3) is 0.706. The Labute approximate surface area is 136 Å². The minimum Gasteiger partial charge on any atom is -0.333 e. The molecule has 124 valence electrons. The molecule has 2 atom stereocenters. The van der Waals surface area contributed by atoms with E-state index in [1.807, 2.05) is 4.90 Å². The molecule has 1 saturated carbocycles. The summed E-state index contributed by atoms with van der Waals surface area (Å²) >= 11 is 0. The summed E-state index contributed by atoms with van der Waals surface area (Å²) in [7, 11) is 0. The van der Waals surface area contributed by atoms with Crippen LogP contribution in [0.15, 0.2) is 18.0 Å². The molecule has 4 aliphatic rings. The van der Waals surface area contributed by atoms with Gasteiger partial charge >= 0.3 is 0 Å². The van der Waals surface area contributed by atoms with Crippen LogP contribution in [-0.2, 0) is 0 Å². The Hall–Kier alpha value is -1.69. The number of fused-ring (bicyclic) bond motifs is 1. The SMILES string of the molecule is CC1(C)[C@H]2CC=C(CN3CCN(C(=O)c4ncn[nH]4)CC3)[C@@H]1C2. The molecule has 0 radical (unpaired) electrons. The highest BCUT2D eigenvalue weighted by Gasteiger charge is 2.51. The van der Waals surface area contributed by atoms with Crippen molar-refractivity contribution in [3.8, 4) is 0 Å². The molecular weight excluding hydrogens is 290 g/mol. The van der Waals surface area contributed by atoms with E-state index in [0.29, 0.717) is 11.2 Å². The van der Waals surface area contributed by atoms with E-state index in [-0.39, 0.29) is 5.91 Å². The van der Waals surface area contributed by atoms with Crippen LogP contribution < -0.4 is 0 Å². The zero-order chi connectivity index (χ0) is 16.0. The van der Waals surface area contributed by atoms with E-state index in [1.165, 1.54) is 19.2 Å². The number of H-pyrrole nitrogens is 1. The van der Waals surface area contributed by atoms with Crippen molar-refractivity contribution < 1.29 is 4.79 Å². The Morgan fingerprint density at radius 3 is 2.74 bits per heavy atom. The predicted octanol–water partition coefficient (Wildman–Crippen LogP) is 1.55. The Kier molecular flexibility index (Phi) is 3.52. The third-order valence-corrected chi connectivity index (χ3v) is 6.27. The van der Waals surface area contributed by atoms with Crippen molar-refractivity contribution in [2.24, 2.45) is 17.3 Å². The Morgan fingerprint density at radius 2 is 2.13 bits per heavy atom. The van der Waals surface area contributed by atoms with Gasteiger partial charge in [-0.3, -0.25) is 14.8 Å². The van der Waals surface area contributed by atoms with Crippen LogP contribution >= 0.6 is 0 Å². The molecule has 6 heteroatoms. The first kappa shape index (κ1) is 14.9. The molecule has 0 aromatic carbocycles. The number of rotatable bonds is 3. The summed E-state index contributed by atoms with van der Waals surface area (Å²) in [5.74, 6) is 1.97. The molecule has 1 N–H and O–H groups in total. The highest BCUT2D eigenvalue weighted by molar-refractivity contribution is 5.90. The van der Waals surface area contributed by atoms with Crippen LogP contribution in [0.2, 0.25) is 0 Å². The van der Waals surface area contributed by atoms with Crippen LogP contribution in [0.3, 0.4) is 0 Å². The lowest BCUT2D eigenvalue weighted by Gasteiger charge is -2.57. The molecule has 5 rings (SSSR count). The predicted molar refractivity (Wildman–Crippen MR) is 86.8 cm³/mol. The maximum absolute atomic E-state index is 12.3. The summed E-state index contributed by atoms with van der Waals surface area (Å²) in [4.78, 5) is 20.6. The van der Waals surface area contributed by atoms with E-state index in [0.717, 1.165) is 44.6 Å². The number of hydrogen-bond acceptors (Lipinski definition) is 4. The van der Waals surface area contributed by atoms with Gasteiger partial charge in [0.1, 0.15) is 6.33 Å². The van der Waals surface area contributed by atoms with Gasteiger partial charge < -0.3 is 4.90 Å². The van der Waals surface area contributed by atoms with E-state index < -0.39 is 0 Å². The Balaban J connectivity index is 1.32. The standard InChI is InChI=1S/C17H25N5O/c1-17(2)13-4-3-12(14(17)9-13)10-21-5-7-22(8-6-21)16(23)15-18-11-19-20-15/h3,11,13-14H,4-10H2,1-2H3,(H,18,19,20)/t13-,14-/m0/s1. The van der Waals surface area contributed by atoms with Gasteiger partial charge in [-0.1, -0.05) is 25.5 Å². The van der Waals surface area contributed by atoms with E-state index in [4.69, 9.17) is 0 Å². The van der Waals surface area contributed by atoms with Gasteiger partial charge in [0.05, 0.1) is 0 Å².